The molecule has 0 saturated carbocycles. The number of ether oxygens (including phenoxy) is 2. The standard InChI is InChI=1S/C19H16O8/c1-11-7-9-13(10-8-11)19(25)27-15(17(22)23)14(16(20)21)26-18(24)12-5-3-2-4-6-12/h2-10,14-15H,1H3,(H,20,21)(H,22,23)/t14-,15-/m0/s1. The second-order valence-corrected chi connectivity index (χ2v) is 5.56. The fraction of sp³-hybridized carbons (Fsp3) is 0.158. The average Bonchev–Trinajstić information content (AvgIpc) is 2.65. The minimum Gasteiger partial charge on any atom is -0.478 e. The van der Waals surface area contributed by atoms with Crippen LogP contribution in [-0.2, 0) is 19.1 Å². The summed E-state index contributed by atoms with van der Waals surface area (Å²) in [5, 5.41) is 18.6. The SMILES string of the molecule is Cc1ccc(C(=O)O[C@H](C(=O)O)[C@H](OC(=O)c2ccccc2)C(=O)O)cc1. The van der Waals surface area contributed by atoms with Crippen LogP contribution in [0.25, 0.3) is 0 Å². The van der Waals surface area contributed by atoms with Crippen LogP contribution in [-0.4, -0.2) is 46.3 Å². The largest absolute Gasteiger partial charge is 0.478 e. The summed E-state index contributed by atoms with van der Waals surface area (Å²) in [6.45, 7) is 1.79. The number of carboxylic acid groups (broad SMARTS) is 2. The summed E-state index contributed by atoms with van der Waals surface area (Å²) < 4.78 is 9.58. The van der Waals surface area contributed by atoms with Crippen LogP contribution in [0.2, 0.25) is 0 Å². The molecular formula is C19H16O8. The van der Waals surface area contributed by atoms with Crippen molar-refractivity contribution in [3.05, 3.63) is 71.3 Å². The quantitative estimate of drug-likeness (QED) is 0.706. The summed E-state index contributed by atoms with van der Waals surface area (Å²) in [4.78, 5) is 47.1. The summed E-state index contributed by atoms with van der Waals surface area (Å²) in [7, 11) is 0. The molecule has 0 fully saturated rings. The molecule has 0 heterocycles. The first-order valence-corrected chi connectivity index (χ1v) is 7.79. The Bertz CT molecular complexity index is 842. The fourth-order valence-electron chi connectivity index (χ4n) is 2.11. The summed E-state index contributed by atoms with van der Waals surface area (Å²) >= 11 is 0. The number of hydrogen-bond donors (Lipinski definition) is 2. The topological polar surface area (TPSA) is 127 Å². The van der Waals surface area contributed by atoms with Crippen molar-refractivity contribution in [1.82, 2.24) is 0 Å². The molecule has 140 valence electrons. The summed E-state index contributed by atoms with van der Waals surface area (Å²) in [5.41, 5.74) is 0.921. The molecule has 8 heteroatoms. The van der Waals surface area contributed by atoms with Crippen molar-refractivity contribution in [2.45, 2.75) is 19.1 Å². The molecule has 0 amide bonds. The zero-order valence-corrected chi connectivity index (χ0v) is 14.2. The van der Waals surface area contributed by atoms with Crippen molar-refractivity contribution >= 4 is 23.9 Å². The lowest BCUT2D eigenvalue weighted by molar-refractivity contribution is -0.166. The second-order valence-electron chi connectivity index (χ2n) is 5.56. The molecule has 0 saturated heterocycles. The maximum Gasteiger partial charge on any atom is 0.349 e. The predicted octanol–water partition coefficient (Wildman–Crippen LogP) is 1.92. The molecule has 0 aliphatic rings. The zero-order chi connectivity index (χ0) is 20.0. The molecule has 0 radical (unpaired) electrons. The normalized spacial score (nSPS) is 12.5. The molecule has 2 rings (SSSR count). The highest BCUT2D eigenvalue weighted by atomic mass is 16.6. The van der Waals surface area contributed by atoms with Gasteiger partial charge in [-0.15, -0.1) is 0 Å². The van der Waals surface area contributed by atoms with Gasteiger partial charge in [0.25, 0.3) is 0 Å². The highest BCUT2D eigenvalue weighted by molar-refractivity contribution is 5.95. The number of aryl methyl sites for hydroxylation is 1. The summed E-state index contributed by atoms with van der Waals surface area (Å²) in [5.74, 6) is -5.63. The number of carboxylic acids is 2. The van der Waals surface area contributed by atoms with Crippen LogP contribution in [0.5, 0.6) is 0 Å². The van der Waals surface area contributed by atoms with Crippen molar-refractivity contribution in [3.63, 3.8) is 0 Å². The van der Waals surface area contributed by atoms with E-state index in [1.807, 2.05) is 0 Å². The first-order chi connectivity index (χ1) is 12.8. The van der Waals surface area contributed by atoms with Crippen molar-refractivity contribution in [2.24, 2.45) is 0 Å². The maximum atomic E-state index is 12.1. The molecule has 2 atom stereocenters. The van der Waals surface area contributed by atoms with E-state index in [1.165, 1.54) is 36.4 Å². The Kier molecular flexibility index (Phi) is 6.27. The van der Waals surface area contributed by atoms with E-state index in [0.717, 1.165) is 5.56 Å². The van der Waals surface area contributed by atoms with Crippen molar-refractivity contribution in [1.29, 1.82) is 0 Å². The molecule has 2 N–H and O–H groups in total. The molecule has 0 aromatic heterocycles. The number of hydrogen-bond acceptors (Lipinski definition) is 6. The molecule has 8 nitrogen and oxygen atoms in total. The fourth-order valence-corrected chi connectivity index (χ4v) is 2.11. The number of esters is 2. The number of carbonyl (C=O) groups excluding carboxylic acids is 2. The van der Waals surface area contributed by atoms with Crippen LogP contribution < -0.4 is 0 Å². The van der Waals surface area contributed by atoms with Gasteiger partial charge in [0.15, 0.2) is 0 Å². The van der Waals surface area contributed by atoms with E-state index in [-0.39, 0.29) is 11.1 Å². The lowest BCUT2D eigenvalue weighted by Crippen LogP contribution is -2.45. The highest BCUT2D eigenvalue weighted by Gasteiger charge is 2.40. The van der Waals surface area contributed by atoms with E-state index in [0.29, 0.717) is 0 Å². The van der Waals surface area contributed by atoms with E-state index < -0.39 is 36.1 Å². The Balaban J connectivity index is 2.21. The number of rotatable bonds is 7. The van der Waals surface area contributed by atoms with E-state index in [2.05, 4.69) is 0 Å². The van der Waals surface area contributed by atoms with Gasteiger partial charge in [0, 0.05) is 0 Å². The van der Waals surface area contributed by atoms with Gasteiger partial charge in [-0.1, -0.05) is 35.9 Å². The molecule has 0 spiro atoms. The number of aliphatic carboxylic acids is 2. The van der Waals surface area contributed by atoms with Crippen molar-refractivity contribution < 1.29 is 38.9 Å². The van der Waals surface area contributed by atoms with Gasteiger partial charge < -0.3 is 19.7 Å². The van der Waals surface area contributed by atoms with Crippen LogP contribution in [0.3, 0.4) is 0 Å². The van der Waals surface area contributed by atoms with E-state index in [1.54, 1.807) is 25.1 Å². The molecular weight excluding hydrogens is 356 g/mol. The van der Waals surface area contributed by atoms with Crippen LogP contribution in [0.4, 0.5) is 0 Å². The summed E-state index contributed by atoms with van der Waals surface area (Å²) in [6.07, 6.45) is -4.44. The van der Waals surface area contributed by atoms with E-state index in [9.17, 15) is 29.4 Å². The van der Waals surface area contributed by atoms with Gasteiger partial charge in [-0.05, 0) is 31.2 Å². The second kappa shape index (κ2) is 8.61. The zero-order valence-electron chi connectivity index (χ0n) is 14.2. The van der Waals surface area contributed by atoms with Gasteiger partial charge in [-0.2, -0.15) is 0 Å². The maximum absolute atomic E-state index is 12.1. The lowest BCUT2D eigenvalue weighted by Gasteiger charge is -2.21. The minimum absolute atomic E-state index is 0.0257. The van der Waals surface area contributed by atoms with Gasteiger partial charge >= 0.3 is 23.9 Å². The van der Waals surface area contributed by atoms with Gasteiger partial charge in [0.05, 0.1) is 11.1 Å². The Morgan fingerprint density at radius 1 is 0.704 bits per heavy atom. The van der Waals surface area contributed by atoms with Crippen molar-refractivity contribution in [3.8, 4) is 0 Å². The average molecular weight is 372 g/mol. The number of benzene rings is 2. The lowest BCUT2D eigenvalue weighted by atomic mass is 10.1. The highest BCUT2D eigenvalue weighted by Crippen LogP contribution is 2.14. The molecule has 0 bridgehead atoms. The Hall–Kier alpha value is -3.68. The van der Waals surface area contributed by atoms with Gasteiger partial charge in [0.1, 0.15) is 0 Å². The van der Waals surface area contributed by atoms with Gasteiger partial charge in [0.2, 0.25) is 12.2 Å². The molecule has 0 aliphatic carbocycles. The molecule has 0 unspecified atom stereocenters. The van der Waals surface area contributed by atoms with Crippen LogP contribution in [0, 0.1) is 6.92 Å². The molecule has 27 heavy (non-hydrogen) atoms. The van der Waals surface area contributed by atoms with Crippen LogP contribution in [0.15, 0.2) is 54.6 Å². The Morgan fingerprint density at radius 2 is 1.11 bits per heavy atom. The first-order valence-electron chi connectivity index (χ1n) is 7.79. The third-order valence-electron chi connectivity index (χ3n) is 3.53. The number of carbonyl (C=O) groups is 4. The molecule has 2 aromatic carbocycles. The monoisotopic (exact) mass is 372 g/mol. The minimum atomic E-state index is -2.22. The van der Waals surface area contributed by atoms with Gasteiger partial charge in [-0.25, -0.2) is 19.2 Å². The third kappa shape index (κ3) is 5.15. The van der Waals surface area contributed by atoms with E-state index in [4.69, 9.17) is 9.47 Å². The van der Waals surface area contributed by atoms with Gasteiger partial charge in [-0.3, -0.25) is 0 Å². The van der Waals surface area contributed by atoms with Crippen LogP contribution >= 0.6 is 0 Å². The Labute approximate surface area is 154 Å². The van der Waals surface area contributed by atoms with Crippen molar-refractivity contribution in [2.75, 3.05) is 0 Å². The summed E-state index contributed by atoms with van der Waals surface area (Å²) in [6, 6.07) is 13.5. The van der Waals surface area contributed by atoms with E-state index >= 15 is 0 Å². The first kappa shape index (κ1) is 19.6. The molecule has 2 aromatic rings. The molecule has 0 aliphatic heterocycles. The van der Waals surface area contributed by atoms with Crippen LogP contribution in [0.1, 0.15) is 26.3 Å². The predicted molar refractivity (Wildman–Crippen MR) is 91.3 cm³/mol. The smallest absolute Gasteiger partial charge is 0.349 e. The third-order valence-corrected chi connectivity index (χ3v) is 3.53. The Morgan fingerprint density at radius 3 is 1.52 bits per heavy atom.